The molecule has 0 saturated heterocycles. The molecule has 1 aromatic carbocycles. The van der Waals surface area contributed by atoms with Gasteiger partial charge >= 0.3 is 18.5 Å². The van der Waals surface area contributed by atoms with Crippen molar-refractivity contribution in [2.75, 3.05) is 7.11 Å². The molecule has 14 heteroatoms. The van der Waals surface area contributed by atoms with Crippen molar-refractivity contribution in [2.45, 2.75) is 38.4 Å². The summed E-state index contributed by atoms with van der Waals surface area (Å²) in [7, 11) is 1.03. The maximum absolute atomic E-state index is 13.2. The number of alkyl halides is 9. The number of aromatic nitrogens is 2. The van der Waals surface area contributed by atoms with E-state index in [1.165, 1.54) is 0 Å². The average Bonchev–Trinajstić information content (AvgIpc) is 2.61. The van der Waals surface area contributed by atoms with Gasteiger partial charge in [-0.3, -0.25) is 4.57 Å². The Morgan fingerprint density at radius 2 is 1.58 bits per heavy atom. The van der Waals surface area contributed by atoms with Crippen molar-refractivity contribution in [1.82, 2.24) is 9.55 Å². The van der Waals surface area contributed by atoms with Crippen LogP contribution in [0.3, 0.4) is 0 Å². The molecule has 1 aromatic heterocycles. The zero-order chi connectivity index (χ0) is 23.8. The molecule has 0 unspecified atom stereocenters. The Bertz CT molecular complexity index is 1020. The van der Waals surface area contributed by atoms with Gasteiger partial charge in [-0.1, -0.05) is 18.5 Å². The highest BCUT2D eigenvalue weighted by Crippen LogP contribution is 2.43. The Morgan fingerprint density at radius 3 is 2.03 bits per heavy atom. The molecular weight excluding hydrogens is 469 g/mol. The molecular formula is C17H13ClF9N3O. The number of ether oxygens (including phenoxy) is 1. The monoisotopic (exact) mass is 481 g/mol. The van der Waals surface area contributed by atoms with Crippen LogP contribution >= 0.6 is 11.6 Å². The van der Waals surface area contributed by atoms with Crippen LogP contribution in [0.2, 0.25) is 5.02 Å². The van der Waals surface area contributed by atoms with E-state index in [-0.39, 0.29) is 18.7 Å². The van der Waals surface area contributed by atoms with E-state index in [9.17, 15) is 39.5 Å². The fourth-order valence-corrected chi connectivity index (χ4v) is 2.75. The Labute approximate surface area is 173 Å². The van der Waals surface area contributed by atoms with Gasteiger partial charge in [0.05, 0.1) is 28.9 Å². The minimum absolute atomic E-state index is 0.0458. The van der Waals surface area contributed by atoms with Gasteiger partial charge in [-0.2, -0.15) is 39.5 Å². The van der Waals surface area contributed by atoms with Gasteiger partial charge in [-0.25, -0.2) is 9.98 Å². The molecule has 4 nitrogen and oxygen atoms in total. The number of methoxy groups -OCH3 is 1. The van der Waals surface area contributed by atoms with Crippen LogP contribution in [0.1, 0.15) is 30.2 Å². The lowest BCUT2D eigenvalue weighted by Gasteiger charge is -2.16. The van der Waals surface area contributed by atoms with E-state index in [4.69, 9.17) is 16.3 Å². The molecule has 31 heavy (non-hydrogen) atoms. The van der Waals surface area contributed by atoms with Gasteiger partial charge in [0, 0.05) is 12.6 Å². The average molecular weight is 482 g/mol. The molecule has 2 aromatic rings. The summed E-state index contributed by atoms with van der Waals surface area (Å²) in [6.45, 7) is 1.57. The van der Waals surface area contributed by atoms with Crippen LogP contribution in [-0.2, 0) is 25.1 Å². The van der Waals surface area contributed by atoms with E-state index in [0.717, 1.165) is 11.7 Å². The van der Waals surface area contributed by atoms with Gasteiger partial charge in [0.15, 0.2) is 11.6 Å². The maximum Gasteiger partial charge on any atom is 0.433 e. The van der Waals surface area contributed by atoms with Crippen molar-refractivity contribution in [2.24, 2.45) is 4.99 Å². The number of benzene rings is 1. The zero-order valence-corrected chi connectivity index (χ0v) is 16.4. The third-order valence-electron chi connectivity index (χ3n) is 3.84. The van der Waals surface area contributed by atoms with Crippen LogP contribution in [0.25, 0.3) is 0 Å². The first-order valence-corrected chi connectivity index (χ1v) is 8.73. The zero-order valence-electron chi connectivity index (χ0n) is 15.7. The van der Waals surface area contributed by atoms with Gasteiger partial charge in [0.2, 0.25) is 5.62 Å². The summed E-state index contributed by atoms with van der Waals surface area (Å²) < 4.78 is 124. The molecule has 0 fully saturated rings. The second-order valence-electron chi connectivity index (χ2n) is 6.10. The quantitative estimate of drug-likeness (QED) is 0.485. The summed E-state index contributed by atoms with van der Waals surface area (Å²) in [5, 5.41) is -1.22. The van der Waals surface area contributed by atoms with Gasteiger partial charge in [0.1, 0.15) is 0 Å². The number of nitrogens with zero attached hydrogens (tertiary/aromatic N) is 3. The van der Waals surface area contributed by atoms with Gasteiger partial charge in [0.25, 0.3) is 0 Å². The Hall–Kier alpha value is -2.44. The van der Waals surface area contributed by atoms with E-state index in [2.05, 4.69) is 9.98 Å². The molecule has 172 valence electrons. The Kier molecular flexibility index (Phi) is 6.88. The highest BCUT2D eigenvalue weighted by atomic mass is 35.5. The van der Waals surface area contributed by atoms with E-state index in [1.807, 2.05) is 0 Å². The van der Waals surface area contributed by atoms with Crippen molar-refractivity contribution in [3.05, 3.63) is 45.7 Å². The van der Waals surface area contributed by atoms with Crippen LogP contribution in [0, 0.1) is 0 Å². The minimum Gasteiger partial charge on any atom is -0.482 e. The summed E-state index contributed by atoms with van der Waals surface area (Å²) in [4.78, 5) is 6.79. The van der Waals surface area contributed by atoms with Crippen LogP contribution in [0.5, 0.6) is 5.88 Å². The molecule has 0 spiro atoms. The summed E-state index contributed by atoms with van der Waals surface area (Å²) >= 11 is 5.63. The Balaban J connectivity index is 2.96. The predicted octanol–water partition coefficient (Wildman–Crippen LogP) is 6.24. The van der Waals surface area contributed by atoms with Crippen molar-refractivity contribution in [3.8, 4) is 5.88 Å². The predicted molar refractivity (Wildman–Crippen MR) is 90.8 cm³/mol. The maximum atomic E-state index is 13.2. The number of hydrogen-bond acceptors (Lipinski definition) is 3. The third-order valence-corrected chi connectivity index (χ3v) is 4.24. The normalized spacial score (nSPS) is 13.6. The van der Waals surface area contributed by atoms with Gasteiger partial charge in [-0.15, -0.1) is 0 Å². The number of hydrogen-bond donors (Lipinski definition) is 0. The highest BCUT2D eigenvalue weighted by molar-refractivity contribution is 6.33. The van der Waals surface area contributed by atoms with Crippen LogP contribution in [0.15, 0.2) is 23.2 Å². The van der Waals surface area contributed by atoms with Crippen molar-refractivity contribution < 1.29 is 44.3 Å². The summed E-state index contributed by atoms with van der Waals surface area (Å²) in [5.74, 6) is -0.401. The molecule has 0 aliphatic heterocycles. The minimum atomic E-state index is -5.28. The van der Waals surface area contributed by atoms with E-state index < -0.39 is 57.6 Å². The highest BCUT2D eigenvalue weighted by Gasteiger charge is 2.39. The van der Waals surface area contributed by atoms with Gasteiger partial charge < -0.3 is 4.74 Å². The molecule has 0 radical (unpaired) electrons. The van der Waals surface area contributed by atoms with Crippen LogP contribution < -0.4 is 10.4 Å². The molecule has 2 rings (SSSR count). The van der Waals surface area contributed by atoms with Gasteiger partial charge in [-0.05, 0) is 18.6 Å². The summed E-state index contributed by atoms with van der Waals surface area (Å²) in [6, 6.07) is 0.521. The summed E-state index contributed by atoms with van der Waals surface area (Å²) in [6.07, 6.45) is -15.2. The lowest BCUT2D eigenvalue weighted by Crippen LogP contribution is -2.29. The first kappa shape index (κ1) is 24.8. The van der Waals surface area contributed by atoms with Crippen molar-refractivity contribution in [3.63, 3.8) is 0 Å². The van der Waals surface area contributed by atoms with Crippen molar-refractivity contribution in [1.29, 1.82) is 0 Å². The molecule has 0 atom stereocenters. The fourth-order valence-electron chi connectivity index (χ4n) is 2.50. The standard InChI is InChI=1S/C17H13ClF9N3O/c1-3-4-30-12(31-2)7-11(17(25,26)27)29-14(30)28-10-6-8(15(19,20)21)5-9(13(10)18)16(22,23)24/h5-7H,3-4H2,1-2H3. The van der Waals surface area contributed by atoms with Crippen LogP contribution in [0.4, 0.5) is 45.2 Å². The fraction of sp³-hybridized carbons (Fsp3) is 0.412. The smallest absolute Gasteiger partial charge is 0.433 e. The SMILES string of the molecule is CCCn1c(OC)cc(C(F)(F)F)nc1=Nc1cc(C(F)(F)F)cc(C(F)(F)F)c1Cl. The topological polar surface area (TPSA) is 39.4 Å². The third kappa shape index (κ3) is 5.63. The van der Waals surface area contributed by atoms with E-state index >= 15 is 0 Å². The van der Waals surface area contributed by atoms with E-state index in [1.54, 1.807) is 6.92 Å². The molecule has 0 saturated carbocycles. The van der Waals surface area contributed by atoms with Crippen molar-refractivity contribution >= 4 is 17.3 Å². The van der Waals surface area contributed by atoms with Crippen LogP contribution in [-0.4, -0.2) is 16.7 Å². The lowest BCUT2D eigenvalue weighted by molar-refractivity contribution is -0.143. The largest absolute Gasteiger partial charge is 0.482 e. The second-order valence-corrected chi connectivity index (χ2v) is 6.48. The Morgan fingerprint density at radius 1 is 0.968 bits per heavy atom. The number of rotatable bonds is 4. The molecule has 0 aliphatic carbocycles. The number of halogens is 10. The molecule has 1 heterocycles. The molecule has 0 bridgehead atoms. The molecule has 0 amide bonds. The molecule has 0 N–H and O–H groups in total. The van der Waals surface area contributed by atoms with E-state index in [0.29, 0.717) is 12.5 Å². The lowest BCUT2D eigenvalue weighted by atomic mass is 10.1. The summed E-state index contributed by atoms with van der Waals surface area (Å²) in [5.41, 5.74) is -6.97. The first-order chi connectivity index (χ1) is 14.1. The first-order valence-electron chi connectivity index (χ1n) is 8.35. The second kappa shape index (κ2) is 8.60. The molecule has 0 aliphatic rings.